The van der Waals surface area contributed by atoms with Gasteiger partial charge in [0.05, 0.1) is 5.69 Å². The predicted octanol–water partition coefficient (Wildman–Crippen LogP) is 0.395. The van der Waals surface area contributed by atoms with Gasteiger partial charge in [-0.05, 0) is 24.7 Å². The van der Waals surface area contributed by atoms with Gasteiger partial charge in [-0.2, -0.15) is 5.10 Å². The normalized spacial score (nSPS) is 21.8. The predicted molar refractivity (Wildman–Crippen MR) is 73.6 cm³/mol. The quantitative estimate of drug-likeness (QED) is 0.704. The van der Waals surface area contributed by atoms with Crippen LogP contribution in [0.5, 0.6) is 0 Å². The molecular formula is C12H20N4O3S. The van der Waals surface area contributed by atoms with Gasteiger partial charge in [0.25, 0.3) is 5.91 Å². The average Bonchev–Trinajstić information content (AvgIpc) is 2.87. The van der Waals surface area contributed by atoms with Gasteiger partial charge in [-0.25, -0.2) is 13.6 Å². The number of hydrogen-bond donors (Lipinski definition) is 3. The number of hydrogen-bond acceptors (Lipinski definition) is 4. The number of nitrogens with zero attached hydrogens (tertiary/aromatic N) is 1. The zero-order valence-corrected chi connectivity index (χ0v) is 12.5. The topological polar surface area (TPSA) is 118 Å². The summed E-state index contributed by atoms with van der Waals surface area (Å²) in [6, 6.07) is 0. The summed E-state index contributed by atoms with van der Waals surface area (Å²) >= 11 is 0. The molecule has 1 amide bonds. The summed E-state index contributed by atoms with van der Waals surface area (Å²) in [5.74, 6) is 0.598. The number of rotatable bonds is 6. The van der Waals surface area contributed by atoms with Crippen molar-refractivity contribution in [1.82, 2.24) is 15.5 Å². The van der Waals surface area contributed by atoms with Crippen LogP contribution in [0.2, 0.25) is 0 Å². The molecule has 0 radical (unpaired) electrons. The lowest BCUT2D eigenvalue weighted by Gasteiger charge is -2.04. The first-order valence-electron chi connectivity index (χ1n) is 6.72. The number of carbonyl (C=O) groups excluding carboxylic acids is 1. The minimum Gasteiger partial charge on any atom is -0.350 e. The largest absolute Gasteiger partial charge is 0.350 e. The highest BCUT2D eigenvalue weighted by molar-refractivity contribution is 7.89. The van der Waals surface area contributed by atoms with Crippen LogP contribution in [0.4, 0.5) is 0 Å². The Kier molecular flexibility index (Phi) is 4.14. The van der Waals surface area contributed by atoms with Crippen molar-refractivity contribution in [3.05, 3.63) is 11.4 Å². The number of nitrogens with two attached hydrogens (primary N) is 1. The minimum absolute atomic E-state index is 0.135. The van der Waals surface area contributed by atoms with E-state index >= 15 is 0 Å². The van der Waals surface area contributed by atoms with E-state index in [1.807, 2.05) is 6.92 Å². The highest BCUT2D eigenvalue weighted by Crippen LogP contribution is 2.36. The maximum atomic E-state index is 12.1. The van der Waals surface area contributed by atoms with E-state index in [4.69, 9.17) is 5.14 Å². The lowest BCUT2D eigenvalue weighted by molar-refractivity contribution is 0.0943. The summed E-state index contributed by atoms with van der Waals surface area (Å²) in [6.07, 6.45) is 2.29. The molecule has 2 atom stereocenters. The van der Waals surface area contributed by atoms with Crippen molar-refractivity contribution >= 4 is 15.9 Å². The Morgan fingerprint density at radius 3 is 2.70 bits per heavy atom. The second kappa shape index (κ2) is 5.53. The fourth-order valence-electron chi connectivity index (χ4n) is 2.24. The molecule has 1 saturated carbocycles. The molecule has 1 heterocycles. The van der Waals surface area contributed by atoms with Crippen LogP contribution in [0, 0.1) is 11.8 Å². The van der Waals surface area contributed by atoms with Gasteiger partial charge in [0, 0.05) is 6.54 Å². The van der Waals surface area contributed by atoms with Gasteiger partial charge in [0.1, 0.15) is 4.90 Å². The molecule has 2 rings (SSSR count). The zero-order valence-electron chi connectivity index (χ0n) is 11.6. The molecule has 0 aromatic carbocycles. The SMILES string of the molecule is CCCc1[nH]nc(C(=O)NCC2CC2C)c1S(N)(=O)=O. The van der Waals surface area contributed by atoms with Gasteiger partial charge in [-0.15, -0.1) is 0 Å². The summed E-state index contributed by atoms with van der Waals surface area (Å²) in [4.78, 5) is 11.9. The van der Waals surface area contributed by atoms with E-state index in [-0.39, 0.29) is 10.6 Å². The molecule has 1 fully saturated rings. The third-order valence-electron chi connectivity index (χ3n) is 3.59. The van der Waals surface area contributed by atoms with E-state index in [1.165, 1.54) is 0 Å². The van der Waals surface area contributed by atoms with Gasteiger partial charge in [0.2, 0.25) is 10.0 Å². The van der Waals surface area contributed by atoms with E-state index in [0.29, 0.717) is 30.5 Å². The first kappa shape index (κ1) is 15.0. The van der Waals surface area contributed by atoms with Crippen LogP contribution in [-0.4, -0.2) is 31.1 Å². The van der Waals surface area contributed by atoms with Crippen LogP contribution in [-0.2, 0) is 16.4 Å². The minimum atomic E-state index is -3.98. The summed E-state index contributed by atoms with van der Waals surface area (Å²) in [6.45, 7) is 4.56. The number of sulfonamides is 1. The van der Waals surface area contributed by atoms with Gasteiger partial charge in [0.15, 0.2) is 5.69 Å². The molecule has 0 bridgehead atoms. The third-order valence-corrected chi connectivity index (χ3v) is 4.60. The molecule has 0 aliphatic heterocycles. The molecule has 8 heteroatoms. The highest BCUT2D eigenvalue weighted by atomic mass is 32.2. The molecule has 7 nitrogen and oxygen atoms in total. The summed E-state index contributed by atoms with van der Waals surface area (Å²) in [5, 5.41) is 14.3. The first-order chi connectivity index (χ1) is 9.34. The number of nitrogens with one attached hydrogen (secondary N) is 2. The van der Waals surface area contributed by atoms with Crippen molar-refractivity contribution in [2.75, 3.05) is 6.54 Å². The number of H-pyrrole nitrogens is 1. The number of primary sulfonamides is 1. The Balaban J connectivity index is 2.19. The first-order valence-corrected chi connectivity index (χ1v) is 8.27. The van der Waals surface area contributed by atoms with Crippen LogP contribution >= 0.6 is 0 Å². The lowest BCUT2D eigenvalue weighted by atomic mass is 10.2. The van der Waals surface area contributed by atoms with E-state index < -0.39 is 15.9 Å². The average molecular weight is 300 g/mol. The highest BCUT2D eigenvalue weighted by Gasteiger charge is 2.33. The number of aryl methyl sites for hydroxylation is 1. The number of aromatic nitrogens is 2. The van der Waals surface area contributed by atoms with Crippen LogP contribution in [0.3, 0.4) is 0 Å². The second-order valence-corrected chi connectivity index (χ2v) is 6.86. The van der Waals surface area contributed by atoms with E-state index in [9.17, 15) is 13.2 Å². The number of carbonyl (C=O) groups is 1. The van der Waals surface area contributed by atoms with Crippen molar-refractivity contribution in [3.63, 3.8) is 0 Å². The molecule has 1 aromatic heterocycles. The summed E-state index contributed by atoms with van der Waals surface area (Å²) in [5.41, 5.74) is 0.254. The van der Waals surface area contributed by atoms with Gasteiger partial charge in [-0.1, -0.05) is 20.3 Å². The van der Waals surface area contributed by atoms with Gasteiger partial charge < -0.3 is 5.32 Å². The Hall–Kier alpha value is -1.41. The van der Waals surface area contributed by atoms with E-state index in [1.54, 1.807) is 0 Å². The van der Waals surface area contributed by atoms with Crippen LogP contribution in [0.15, 0.2) is 4.90 Å². The van der Waals surface area contributed by atoms with Crippen LogP contribution in [0.1, 0.15) is 42.9 Å². The van der Waals surface area contributed by atoms with Crippen LogP contribution in [0.25, 0.3) is 0 Å². The maximum Gasteiger partial charge on any atom is 0.273 e. The molecule has 4 N–H and O–H groups in total. The number of aromatic amines is 1. The van der Waals surface area contributed by atoms with Gasteiger partial charge >= 0.3 is 0 Å². The van der Waals surface area contributed by atoms with E-state index in [0.717, 1.165) is 12.8 Å². The lowest BCUT2D eigenvalue weighted by Crippen LogP contribution is -2.28. The van der Waals surface area contributed by atoms with Crippen molar-refractivity contribution in [2.24, 2.45) is 17.0 Å². The fraction of sp³-hybridized carbons (Fsp3) is 0.667. The summed E-state index contributed by atoms with van der Waals surface area (Å²) < 4.78 is 23.3. The van der Waals surface area contributed by atoms with Crippen molar-refractivity contribution in [3.8, 4) is 0 Å². The Morgan fingerprint density at radius 1 is 1.55 bits per heavy atom. The molecule has 2 unspecified atom stereocenters. The molecule has 1 aliphatic carbocycles. The summed E-state index contributed by atoms with van der Waals surface area (Å²) in [7, 11) is -3.98. The van der Waals surface area contributed by atoms with E-state index in [2.05, 4.69) is 22.4 Å². The number of amides is 1. The fourth-order valence-corrected chi connectivity index (χ4v) is 3.14. The molecule has 0 spiro atoms. The zero-order chi connectivity index (χ0) is 14.9. The Labute approximate surface area is 118 Å². The van der Waals surface area contributed by atoms with Crippen molar-refractivity contribution in [2.45, 2.75) is 38.0 Å². The van der Waals surface area contributed by atoms with Crippen molar-refractivity contribution in [1.29, 1.82) is 0 Å². The Bertz CT molecular complexity index is 608. The monoisotopic (exact) mass is 300 g/mol. The molecule has 1 aliphatic rings. The second-order valence-electron chi connectivity index (χ2n) is 5.36. The molecule has 112 valence electrons. The molecule has 0 saturated heterocycles. The Morgan fingerprint density at radius 2 is 2.20 bits per heavy atom. The molecule has 20 heavy (non-hydrogen) atoms. The van der Waals surface area contributed by atoms with Crippen molar-refractivity contribution < 1.29 is 13.2 Å². The molecular weight excluding hydrogens is 280 g/mol. The third kappa shape index (κ3) is 3.18. The standard InChI is InChI=1S/C12H20N4O3S/c1-3-4-9-11(20(13,18)19)10(16-15-9)12(17)14-6-8-5-7(8)2/h7-8H,3-6H2,1-2H3,(H,14,17)(H,15,16)(H2,13,18,19). The smallest absolute Gasteiger partial charge is 0.273 e. The van der Waals surface area contributed by atoms with Gasteiger partial charge in [-0.3, -0.25) is 9.89 Å². The maximum absolute atomic E-state index is 12.1. The molecule has 1 aromatic rings. The van der Waals surface area contributed by atoms with Crippen LogP contribution < -0.4 is 10.5 Å².